The van der Waals surface area contributed by atoms with Crippen LogP contribution in [0.4, 0.5) is 0 Å². The molecule has 0 radical (unpaired) electrons. The third kappa shape index (κ3) is 3.26. The smallest absolute Gasteiger partial charge is 0.298 e. The highest BCUT2D eigenvalue weighted by Gasteiger charge is 2.21. The molecule has 0 unspecified atom stereocenters. The van der Waals surface area contributed by atoms with Crippen molar-refractivity contribution in [3.8, 4) is 5.75 Å². The maximum Gasteiger partial charge on any atom is 0.298 e. The van der Waals surface area contributed by atoms with Gasteiger partial charge >= 0.3 is 0 Å². The fourth-order valence-electron chi connectivity index (χ4n) is 2.31. The molecule has 0 amide bonds. The largest absolute Gasteiger partial charge is 0.492 e. The fourth-order valence-corrected chi connectivity index (χ4v) is 2.98. The van der Waals surface area contributed by atoms with Crippen molar-refractivity contribution in [3.05, 3.63) is 23.3 Å². The minimum absolute atomic E-state index is 0.127. The molecule has 1 aromatic rings. The Morgan fingerprint density at radius 1 is 1.26 bits per heavy atom. The Labute approximate surface area is 113 Å². The molecular weight excluding hydrogens is 266 g/mol. The van der Waals surface area contributed by atoms with Crippen molar-refractivity contribution < 1.29 is 17.7 Å². The van der Waals surface area contributed by atoms with Crippen molar-refractivity contribution >= 4 is 10.1 Å². The van der Waals surface area contributed by atoms with Crippen LogP contribution >= 0.6 is 0 Å². The van der Waals surface area contributed by atoms with Gasteiger partial charge in [-0.05, 0) is 50.1 Å². The molecule has 2 rings (SSSR count). The van der Waals surface area contributed by atoms with E-state index in [0.717, 1.165) is 37.1 Å². The topological polar surface area (TPSA) is 66.8 Å². The molecule has 0 aliphatic carbocycles. The molecule has 0 atom stereocenters. The summed E-state index contributed by atoms with van der Waals surface area (Å²) in [7, 11) is -2.21. The lowest BCUT2D eigenvalue weighted by Gasteiger charge is -2.13. The number of ether oxygens (including phenoxy) is 1. The van der Waals surface area contributed by atoms with Gasteiger partial charge in [0.1, 0.15) is 10.6 Å². The number of rotatable bonds is 3. The second kappa shape index (κ2) is 5.48. The van der Waals surface area contributed by atoms with Gasteiger partial charge in [-0.3, -0.25) is 4.55 Å². The molecule has 1 aliphatic rings. The first kappa shape index (κ1) is 14.3. The number of benzene rings is 1. The summed E-state index contributed by atoms with van der Waals surface area (Å²) in [5.74, 6) is 0.244. The predicted molar refractivity (Wildman–Crippen MR) is 72.3 cm³/mol. The third-order valence-electron chi connectivity index (χ3n) is 3.37. The molecule has 1 aromatic carbocycles. The lowest BCUT2D eigenvalue weighted by atomic mass is 10.0. The molecule has 106 valence electrons. The van der Waals surface area contributed by atoms with Gasteiger partial charge in [-0.2, -0.15) is 8.42 Å². The Bertz CT molecular complexity index is 568. The van der Waals surface area contributed by atoms with Crippen LogP contribution in [-0.2, 0) is 23.0 Å². The van der Waals surface area contributed by atoms with Crippen LogP contribution in [0.3, 0.4) is 0 Å². The van der Waals surface area contributed by atoms with Crippen molar-refractivity contribution in [2.45, 2.75) is 24.7 Å². The Balaban J connectivity index is 2.51. The minimum atomic E-state index is -4.25. The average molecular weight is 285 g/mol. The van der Waals surface area contributed by atoms with Crippen LogP contribution in [-0.4, -0.2) is 44.6 Å². The van der Waals surface area contributed by atoms with Crippen LogP contribution < -0.4 is 4.74 Å². The average Bonchev–Trinajstić information content (AvgIpc) is 2.50. The summed E-state index contributed by atoms with van der Waals surface area (Å²) in [4.78, 5) is 2.07. The summed E-state index contributed by atoms with van der Waals surface area (Å²) in [5.41, 5.74) is 2.07. The highest BCUT2D eigenvalue weighted by Crippen LogP contribution is 2.29. The first-order valence-electron chi connectivity index (χ1n) is 6.36. The van der Waals surface area contributed by atoms with Gasteiger partial charge in [0.05, 0.1) is 6.61 Å². The Hall–Kier alpha value is -1.11. The van der Waals surface area contributed by atoms with Crippen LogP contribution in [0.2, 0.25) is 0 Å². The second-order valence-corrected chi connectivity index (χ2v) is 6.17. The highest BCUT2D eigenvalue weighted by atomic mass is 32.2. The molecule has 0 saturated carbocycles. The van der Waals surface area contributed by atoms with E-state index in [1.165, 1.54) is 0 Å². The van der Waals surface area contributed by atoms with Crippen LogP contribution in [0.25, 0.3) is 0 Å². The SMILES string of the molecule is CCOc1cc2c(cc1S(=O)(=O)O)CCN(C)CC2. The Morgan fingerprint density at radius 3 is 2.37 bits per heavy atom. The molecule has 0 fully saturated rings. The van der Waals surface area contributed by atoms with E-state index in [2.05, 4.69) is 4.90 Å². The van der Waals surface area contributed by atoms with E-state index in [1.54, 1.807) is 19.1 Å². The van der Waals surface area contributed by atoms with E-state index in [1.807, 2.05) is 7.05 Å². The molecule has 0 aromatic heterocycles. The van der Waals surface area contributed by atoms with E-state index in [9.17, 15) is 13.0 Å². The van der Waals surface area contributed by atoms with E-state index in [-0.39, 0.29) is 10.6 Å². The molecular formula is C13H19NO4S. The predicted octanol–water partition coefficient (Wildman–Crippen LogP) is 1.36. The zero-order valence-corrected chi connectivity index (χ0v) is 12.0. The number of hydrogen-bond donors (Lipinski definition) is 1. The third-order valence-corrected chi connectivity index (χ3v) is 4.24. The van der Waals surface area contributed by atoms with Crippen molar-refractivity contribution in [2.75, 3.05) is 26.7 Å². The summed E-state index contributed by atoms with van der Waals surface area (Å²) >= 11 is 0. The van der Waals surface area contributed by atoms with Crippen LogP contribution in [0.5, 0.6) is 5.75 Å². The molecule has 1 aliphatic heterocycles. The zero-order chi connectivity index (χ0) is 14.0. The van der Waals surface area contributed by atoms with Gasteiger partial charge in [0.25, 0.3) is 10.1 Å². The Kier molecular flexibility index (Phi) is 4.13. The van der Waals surface area contributed by atoms with Gasteiger partial charge in [0, 0.05) is 13.1 Å². The van der Waals surface area contributed by atoms with E-state index in [4.69, 9.17) is 4.74 Å². The molecule has 0 saturated heterocycles. The van der Waals surface area contributed by atoms with E-state index < -0.39 is 10.1 Å². The minimum Gasteiger partial charge on any atom is -0.492 e. The van der Waals surface area contributed by atoms with Gasteiger partial charge in [0.2, 0.25) is 0 Å². The zero-order valence-electron chi connectivity index (χ0n) is 11.2. The first-order valence-corrected chi connectivity index (χ1v) is 7.80. The monoisotopic (exact) mass is 285 g/mol. The van der Waals surface area contributed by atoms with Gasteiger partial charge < -0.3 is 9.64 Å². The van der Waals surface area contributed by atoms with E-state index in [0.29, 0.717) is 6.61 Å². The standard InChI is InChI=1S/C13H19NO4S/c1-3-18-12-8-10-4-6-14(2)7-5-11(10)9-13(12)19(15,16)17/h8-9H,3-7H2,1-2H3,(H,15,16,17). The molecule has 0 spiro atoms. The van der Waals surface area contributed by atoms with Crippen molar-refractivity contribution in [1.82, 2.24) is 4.90 Å². The summed E-state index contributed by atoms with van der Waals surface area (Å²) in [6.45, 7) is 3.96. The maximum absolute atomic E-state index is 11.4. The summed E-state index contributed by atoms with van der Waals surface area (Å²) < 4.78 is 37.5. The number of likely N-dealkylation sites (N-methyl/N-ethyl adjacent to an activating group) is 1. The number of nitrogens with zero attached hydrogens (tertiary/aromatic N) is 1. The normalized spacial score (nSPS) is 16.8. The Morgan fingerprint density at radius 2 is 1.84 bits per heavy atom. The quantitative estimate of drug-likeness (QED) is 0.849. The van der Waals surface area contributed by atoms with Crippen molar-refractivity contribution in [1.29, 1.82) is 0 Å². The maximum atomic E-state index is 11.4. The molecule has 1 N–H and O–H groups in total. The van der Waals surface area contributed by atoms with Crippen LogP contribution in [0, 0.1) is 0 Å². The van der Waals surface area contributed by atoms with Gasteiger partial charge in [-0.15, -0.1) is 0 Å². The second-order valence-electron chi connectivity index (χ2n) is 4.78. The molecule has 19 heavy (non-hydrogen) atoms. The summed E-state index contributed by atoms with van der Waals surface area (Å²) in [5, 5.41) is 0. The highest BCUT2D eigenvalue weighted by molar-refractivity contribution is 7.86. The lowest BCUT2D eigenvalue weighted by Crippen LogP contribution is -2.20. The molecule has 0 bridgehead atoms. The van der Waals surface area contributed by atoms with Crippen molar-refractivity contribution in [2.24, 2.45) is 0 Å². The molecule has 5 nitrogen and oxygen atoms in total. The van der Waals surface area contributed by atoms with E-state index >= 15 is 0 Å². The van der Waals surface area contributed by atoms with Crippen LogP contribution in [0.1, 0.15) is 18.1 Å². The molecule has 6 heteroatoms. The van der Waals surface area contributed by atoms with Crippen molar-refractivity contribution in [3.63, 3.8) is 0 Å². The lowest BCUT2D eigenvalue weighted by molar-refractivity contribution is 0.328. The first-order chi connectivity index (χ1) is 8.91. The number of fused-ring (bicyclic) bond motifs is 1. The summed E-state index contributed by atoms with van der Waals surface area (Å²) in [6.07, 6.45) is 1.64. The van der Waals surface area contributed by atoms with Gasteiger partial charge in [-0.1, -0.05) is 0 Å². The molecule has 1 heterocycles. The van der Waals surface area contributed by atoms with Gasteiger partial charge in [-0.25, -0.2) is 0 Å². The van der Waals surface area contributed by atoms with Crippen LogP contribution in [0.15, 0.2) is 17.0 Å². The fraction of sp³-hybridized carbons (Fsp3) is 0.538. The number of hydrogen-bond acceptors (Lipinski definition) is 4. The summed E-state index contributed by atoms with van der Waals surface area (Å²) in [6, 6.07) is 3.30. The van der Waals surface area contributed by atoms with Gasteiger partial charge in [0.15, 0.2) is 0 Å².